The quantitative estimate of drug-likeness (QED) is 0.00642. The molecule has 3 aliphatic heterocycles. The summed E-state index contributed by atoms with van der Waals surface area (Å²) in [5, 5.41) is 28.3. The number of carbonyl (C=O) groups excluding carboxylic acids is 17. The number of nitrogens with zero attached hydrogens (tertiary/aromatic N) is 1. The van der Waals surface area contributed by atoms with Crippen LogP contribution in [0, 0.1) is 29.1 Å². The molecular weight excluding hydrogens is 1740 g/mol. The number of halogens is 5. The Hall–Kier alpha value is -9.94. The number of aldehydes is 3. The van der Waals surface area contributed by atoms with E-state index in [4.69, 9.17) is 56.8 Å². The largest absolute Gasteiger partial charge is 0.457 e. The van der Waals surface area contributed by atoms with Gasteiger partial charge in [0.2, 0.25) is 76.2 Å². The Morgan fingerprint density at radius 3 is 0.931 bits per heavy atom. The first-order chi connectivity index (χ1) is 62.1. The highest BCUT2D eigenvalue weighted by Crippen LogP contribution is 2.34. The Bertz CT molecular complexity index is 3680. The molecule has 3 fully saturated rings. The molecule has 0 radical (unpaired) electrons. The normalized spacial score (nSPS) is 21.9. The van der Waals surface area contributed by atoms with Gasteiger partial charge in [-0.2, -0.15) is 8.78 Å². The highest BCUT2D eigenvalue weighted by Gasteiger charge is 2.53. The molecule has 16 atom stereocenters. The van der Waals surface area contributed by atoms with E-state index < -0.39 is 218 Å². The number of hydrogen-bond acceptors (Lipinski definition) is 34. The molecule has 130 heavy (non-hydrogen) atoms. The Kier molecular flexibility index (Phi) is 54.0. The fourth-order valence-electron chi connectivity index (χ4n) is 14.4. The van der Waals surface area contributed by atoms with Crippen molar-refractivity contribution in [3.63, 3.8) is 0 Å². The Labute approximate surface area is 750 Å². The van der Waals surface area contributed by atoms with Crippen LogP contribution in [0.1, 0.15) is 196 Å². The number of hydrogen-bond donors (Lipinski definition) is 10. The zero-order chi connectivity index (χ0) is 96.2. The molecular formula is C84H128F5N11O30. The molecule has 1 aromatic rings. The number of ether oxygens (including phenoxy) is 13. The highest BCUT2D eigenvalue weighted by atomic mass is 19.2. The van der Waals surface area contributed by atoms with Crippen LogP contribution in [-0.4, -0.2) is 305 Å². The molecule has 3 aliphatic rings. The minimum Gasteiger partial charge on any atom is -0.457 e. The van der Waals surface area contributed by atoms with Gasteiger partial charge in [-0.3, -0.25) is 72.0 Å². The van der Waals surface area contributed by atoms with Gasteiger partial charge in [0.1, 0.15) is 37.2 Å². The fourth-order valence-corrected chi connectivity index (χ4v) is 14.4. The molecule has 7 amide bonds. The zero-order valence-electron chi connectivity index (χ0n) is 75.0. The van der Waals surface area contributed by atoms with Crippen LogP contribution in [-0.2, 0) is 138 Å². The summed E-state index contributed by atoms with van der Waals surface area (Å²) in [6, 6.07) is -3.63. The number of likely N-dealkylation sites (N-methyl/N-ethyl adjacent to an activating group) is 3. The third kappa shape index (κ3) is 41.2. The standard InChI is InChI=1S/C84H128F5N11O30/c1-49(104)121-74-56(31-41-101)127-82(71(90-7)78(74)124-52(4)107)118-44-18-10-13-26-59(110)94-35-22-38-97-63(114)47-100(48-64(115)98-39-23-36-95-60(111)27-14-11-19-45-119-83-72(91-8)79(125-53(5)108)75(122-50(2)105)57(128-83)32-42-102)55(25-16-17-34-93-62(113)29-21-30-65(116)130-77-69(88)67(86)66(85)68(87)70(77)89)81(117)99-40-24-37-96-61(112)28-15-12-20-46-120-84-73(92-9)80(126-54(6)109)76(123-51(3)106)58(129-84)33-43-103/h41-43,55-58,71-76,78-80,82-84,90-92H,10-40,44-48H2,1-9H3,(H,93,113)(H,94,110)(H,95,111)(H,96,112)(H,97,114)(H,98,115)(H,99,117). The Balaban J connectivity index is 1.41. The van der Waals surface area contributed by atoms with Crippen LogP contribution in [0.15, 0.2) is 0 Å². The predicted molar refractivity (Wildman–Crippen MR) is 443 cm³/mol. The van der Waals surface area contributed by atoms with E-state index in [0.29, 0.717) is 76.6 Å². The van der Waals surface area contributed by atoms with Crippen LogP contribution in [0.4, 0.5) is 22.0 Å². The van der Waals surface area contributed by atoms with Crippen molar-refractivity contribution >= 4 is 102 Å². The van der Waals surface area contributed by atoms with E-state index in [1.54, 1.807) is 21.1 Å². The summed E-state index contributed by atoms with van der Waals surface area (Å²) >= 11 is 0. The van der Waals surface area contributed by atoms with Crippen molar-refractivity contribution < 1.29 is 165 Å². The molecule has 10 N–H and O–H groups in total. The van der Waals surface area contributed by atoms with Crippen molar-refractivity contribution in [1.29, 1.82) is 0 Å². The maximum absolute atomic E-state index is 14.5. The molecule has 0 aliphatic carbocycles. The van der Waals surface area contributed by atoms with E-state index in [2.05, 4.69) is 57.9 Å². The maximum Gasteiger partial charge on any atom is 0.311 e. The van der Waals surface area contributed by atoms with Gasteiger partial charge in [0, 0.05) is 159 Å². The first-order valence-corrected chi connectivity index (χ1v) is 43.6. The molecule has 0 saturated carbocycles. The highest BCUT2D eigenvalue weighted by molar-refractivity contribution is 5.86. The number of nitrogens with one attached hydrogen (secondary N) is 10. The third-order valence-electron chi connectivity index (χ3n) is 20.5. The Morgan fingerprint density at radius 1 is 0.338 bits per heavy atom. The van der Waals surface area contributed by atoms with Gasteiger partial charge in [-0.05, 0) is 105 Å². The van der Waals surface area contributed by atoms with E-state index >= 15 is 0 Å². The fraction of sp³-hybridized carbons (Fsp3) is 0.726. The molecule has 3 heterocycles. The lowest BCUT2D eigenvalue weighted by Gasteiger charge is -2.44. The molecule has 0 aromatic heterocycles. The average Bonchev–Trinajstić information content (AvgIpc) is 0.858. The van der Waals surface area contributed by atoms with Gasteiger partial charge in [0.15, 0.2) is 55.5 Å². The molecule has 1 aromatic carbocycles. The zero-order valence-corrected chi connectivity index (χ0v) is 75.0. The van der Waals surface area contributed by atoms with Crippen molar-refractivity contribution in [3.8, 4) is 5.75 Å². The van der Waals surface area contributed by atoms with Gasteiger partial charge >= 0.3 is 41.8 Å². The van der Waals surface area contributed by atoms with Crippen molar-refractivity contribution in [2.75, 3.05) is 99.9 Å². The summed E-state index contributed by atoms with van der Waals surface area (Å²) in [6.07, 6.45) is -7.16. The number of amides is 7. The average molecular weight is 1870 g/mol. The van der Waals surface area contributed by atoms with Crippen molar-refractivity contribution in [2.24, 2.45) is 0 Å². The van der Waals surface area contributed by atoms with Crippen LogP contribution in [0.3, 0.4) is 0 Å². The summed E-state index contributed by atoms with van der Waals surface area (Å²) < 4.78 is 143. The van der Waals surface area contributed by atoms with E-state index in [1.807, 2.05) is 0 Å². The molecule has 3 saturated heterocycles. The Morgan fingerprint density at radius 2 is 0.623 bits per heavy atom. The van der Waals surface area contributed by atoms with Gasteiger partial charge in [-0.15, -0.1) is 0 Å². The molecule has 0 spiro atoms. The first kappa shape index (κ1) is 112. The first-order valence-electron chi connectivity index (χ1n) is 43.6. The molecule has 16 unspecified atom stereocenters. The number of benzene rings is 1. The van der Waals surface area contributed by atoms with Crippen LogP contribution < -0.4 is 57.9 Å². The summed E-state index contributed by atoms with van der Waals surface area (Å²) in [5.41, 5.74) is 0. The minimum absolute atomic E-state index is 0.0181. The van der Waals surface area contributed by atoms with Crippen LogP contribution in [0.25, 0.3) is 0 Å². The second-order valence-electron chi connectivity index (χ2n) is 30.9. The minimum atomic E-state index is -2.47. The maximum atomic E-state index is 14.5. The van der Waals surface area contributed by atoms with Gasteiger partial charge in [-0.25, -0.2) is 13.2 Å². The van der Waals surface area contributed by atoms with E-state index in [9.17, 15) is 103 Å². The number of esters is 7. The lowest BCUT2D eigenvalue weighted by molar-refractivity contribution is -0.271. The number of unbranched alkanes of at least 4 members (excludes halogenated alkanes) is 7. The second kappa shape index (κ2) is 62.4. The van der Waals surface area contributed by atoms with Gasteiger partial charge < -0.3 is 129 Å². The van der Waals surface area contributed by atoms with Crippen LogP contribution in [0.2, 0.25) is 0 Å². The van der Waals surface area contributed by atoms with E-state index in [1.165, 1.54) is 39.5 Å². The smallest absolute Gasteiger partial charge is 0.311 e. The summed E-state index contributed by atoms with van der Waals surface area (Å²) in [6.45, 7) is 6.70. The molecule has 0 bridgehead atoms. The van der Waals surface area contributed by atoms with Crippen molar-refractivity contribution in [3.05, 3.63) is 29.1 Å². The third-order valence-corrected chi connectivity index (χ3v) is 20.5. The van der Waals surface area contributed by atoms with Gasteiger partial charge in [0.25, 0.3) is 0 Å². The summed E-state index contributed by atoms with van der Waals surface area (Å²) in [4.78, 5) is 215. The van der Waals surface area contributed by atoms with E-state index in [-0.39, 0.29) is 173 Å². The lowest BCUT2D eigenvalue weighted by Crippen LogP contribution is -2.64. The van der Waals surface area contributed by atoms with E-state index in [0.717, 1.165) is 6.92 Å². The summed E-state index contributed by atoms with van der Waals surface area (Å²) in [7, 11) is 4.70. The monoisotopic (exact) mass is 1870 g/mol. The van der Waals surface area contributed by atoms with Crippen molar-refractivity contribution in [2.45, 2.75) is 294 Å². The summed E-state index contributed by atoms with van der Waals surface area (Å²) in [5.74, 6) is -22.6. The molecule has 41 nitrogen and oxygen atoms in total. The van der Waals surface area contributed by atoms with Gasteiger partial charge in [-0.1, -0.05) is 19.3 Å². The predicted octanol–water partition coefficient (Wildman–Crippen LogP) is 1.31. The van der Waals surface area contributed by atoms with Crippen LogP contribution >= 0.6 is 0 Å². The topological polar surface area (TPSA) is 534 Å². The van der Waals surface area contributed by atoms with Crippen LogP contribution in [0.5, 0.6) is 5.75 Å². The lowest BCUT2D eigenvalue weighted by atomic mass is 9.94. The van der Waals surface area contributed by atoms with Crippen molar-refractivity contribution in [1.82, 2.24) is 58.1 Å². The molecule has 734 valence electrons. The molecule has 46 heteroatoms. The second-order valence-corrected chi connectivity index (χ2v) is 30.9. The number of rotatable bonds is 64. The molecule has 4 rings (SSSR count). The SMILES string of the molecule is CNC1C(OCCCCCC(=O)NCCCNC(=O)CN(CC(=O)NCCCNC(=O)CCCCCOC2OC(CC=O)C(OC(C)=O)C(OC(C)=O)C2NC)C(CCCCNC(=O)CCCC(=O)Oc2c(F)c(F)c(F)c(F)c2F)C(=O)NCCCNC(=O)CCCCCOC2OC(CC=O)C(OC(C)=O)C(OC(C)=O)C2NC)OC(CC=O)C(OC(C)=O)C1OC(C)=O. The number of carbonyl (C=O) groups is 17. The van der Waals surface area contributed by atoms with Gasteiger partial charge in [0.05, 0.1) is 37.3 Å².